The van der Waals surface area contributed by atoms with Crippen LogP contribution in [-0.4, -0.2) is 48.3 Å². The molecule has 0 heterocycles. The van der Waals surface area contributed by atoms with Gasteiger partial charge < -0.3 is 10.2 Å². The summed E-state index contributed by atoms with van der Waals surface area (Å²) in [6.45, 7) is 5.96. The van der Waals surface area contributed by atoms with Crippen molar-refractivity contribution in [1.29, 1.82) is 0 Å². The highest BCUT2D eigenvalue weighted by atomic mass is 35.5. The monoisotopic (exact) mass is 421 g/mol. The van der Waals surface area contributed by atoms with Crippen molar-refractivity contribution in [2.24, 2.45) is 0 Å². The highest BCUT2D eigenvalue weighted by molar-refractivity contribution is 6.35. The normalized spacial score (nSPS) is 10.8. The van der Waals surface area contributed by atoms with Gasteiger partial charge in [0.1, 0.15) is 0 Å². The SMILES string of the molecule is CCN(CC)C(=O)c1ccc(NC(=O)CN(C)Cc2ccc(Cl)cc2Cl)cc1. The molecule has 0 spiro atoms. The van der Waals surface area contributed by atoms with Gasteiger partial charge >= 0.3 is 0 Å². The maximum atomic E-state index is 12.3. The molecule has 0 bridgehead atoms. The number of hydrogen-bond donors (Lipinski definition) is 1. The lowest BCUT2D eigenvalue weighted by molar-refractivity contribution is -0.117. The number of nitrogens with one attached hydrogen (secondary N) is 1. The highest BCUT2D eigenvalue weighted by Gasteiger charge is 2.13. The Balaban J connectivity index is 1.91. The van der Waals surface area contributed by atoms with Gasteiger partial charge in [-0.2, -0.15) is 0 Å². The molecule has 28 heavy (non-hydrogen) atoms. The Hall–Kier alpha value is -2.08. The molecule has 0 unspecified atom stereocenters. The highest BCUT2D eigenvalue weighted by Crippen LogP contribution is 2.22. The summed E-state index contributed by atoms with van der Waals surface area (Å²) >= 11 is 12.1. The number of anilines is 1. The fourth-order valence-corrected chi connectivity index (χ4v) is 3.30. The fourth-order valence-electron chi connectivity index (χ4n) is 2.83. The molecule has 0 radical (unpaired) electrons. The molecule has 150 valence electrons. The maximum absolute atomic E-state index is 12.3. The summed E-state index contributed by atoms with van der Waals surface area (Å²) in [7, 11) is 1.84. The number of likely N-dealkylation sites (N-methyl/N-ethyl adjacent to an activating group) is 1. The van der Waals surface area contributed by atoms with Crippen molar-refractivity contribution in [3.8, 4) is 0 Å². The van der Waals surface area contributed by atoms with Gasteiger partial charge in [0.05, 0.1) is 6.54 Å². The predicted molar refractivity (Wildman–Crippen MR) is 115 cm³/mol. The van der Waals surface area contributed by atoms with Gasteiger partial charge in [-0.25, -0.2) is 0 Å². The van der Waals surface area contributed by atoms with Gasteiger partial charge in [0.25, 0.3) is 5.91 Å². The lowest BCUT2D eigenvalue weighted by atomic mass is 10.1. The lowest BCUT2D eigenvalue weighted by Gasteiger charge is -2.19. The van der Waals surface area contributed by atoms with Gasteiger partial charge in [0, 0.05) is 40.9 Å². The third-order valence-electron chi connectivity index (χ3n) is 4.34. The van der Waals surface area contributed by atoms with Crippen LogP contribution in [0.15, 0.2) is 42.5 Å². The van der Waals surface area contributed by atoms with E-state index < -0.39 is 0 Å². The first kappa shape index (κ1) is 22.2. The van der Waals surface area contributed by atoms with Crippen LogP contribution in [-0.2, 0) is 11.3 Å². The molecule has 0 saturated carbocycles. The van der Waals surface area contributed by atoms with E-state index in [1.165, 1.54) is 0 Å². The van der Waals surface area contributed by atoms with Crippen LogP contribution < -0.4 is 5.32 Å². The predicted octanol–water partition coefficient (Wildman–Crippen LogP) is 4.55. The number of hydrogen-bond acceptors (Lipinski definition) is 3. The zero-order valence-electron chi connectivity index (χ0n) is 16.3. The molecule has 0 aromatic heterocycles. The molecule has 0 atom stereocenters. The van der Waals surface area contributed by atoms with E-state index in [4.69, 9.17) is 23.2 Å². The van der Waals surface area contributed by atoms with Crippen molar-refractivity contribution >= 4 is 40.7 Å². The van der Waals surface area contributed by atoms with E-state index >= 15 is 0 Å². The smallest absolute Gasteiger partial charge is 0.253 e. The second-order valence-corrected chi connectivity index (χ2v) is 7.35. The van der Waals surface area contributed by atoms with Crippen molar-refractivity contribution in [1.82, 2.24) is 9.80 Å². The van der Waals surface area contributed by atoms with Crippen molar-refractivity contribution in [3.05, 3.63) is 63.6 Å². The first-order valence-electron chi connectivity index (χ1n) is 9.15. The third kappa shape index (κ3) is 6.23. The van der Waals surface area contributed by atoms with Crippen molar-refractivity contribution in [2.75, 3.05) is 32.0 Å². The molecule has 5 nitrogen and oxygen atoms in total. The van der Waals surface area contributed by atoms with E-state index in [1.54, 1.807) is 41.3 Å². The molecule has 2 rings (SSSR count). The molecule has 7 heteroatoms. The summed E-state index contributed by atoms with van der Waals surface area (Å²) in [6.07, 6.45) is 0. The average Bonchev–Trinajstić information content (AvgIpc) is 2.65. The largest absolute Gasteiger partial charge is 0.339 e. The Morgan fingerprint density at radius 3 is 2.21 bits per heavy atom. The van der Waals surface area contributed by atoms with Crippen molar-refractivity contribution in [3.63, 3.8) is 0 Å². The minimum absolute atomic E-state index is 0.0116. The summed E-state index contributed by atoms with van der Waals surface area (Å²) in [5.74, 6) is -0.155. The quantitative estimate of drug-likeness (QED) is 0.680. The van der Waals surface area contributed by atoms with Crippen LogP contribution in [0.4, 0.5) is 5.69 Å². The summed E-state index contributed by atoms with van der Waals surface area (Å²) in [6, 6.07) is 12.3. The van der Waals surface area contributed by atoms with Gasteiger partial charge in [-0.05, 0) is 62.9 Å². The first-order chi connectivity index (χ1) is 13.3. The summed E-state index contributed by atoms with van der Waals surface area (Å²) in [5.41, 5.74) is 2.16. The summed E-state index contributed by atoms with van der Waals surface area (Å²) in [4.78, 5) is 28.2. The van der Waals surface area contributed by atoms with E-state index in [-0.39, 0.29) is 18.4 Å². The number of benzene rings is 2. The van der Waals surface area contributed by atoms with Crippen LogP contribution >= 0.6 is 23.2 Å². The number of nitrogens with zero attached hydrogens (tertiary/aromatic N) is 2. The molecule has 2 amide bonds. The van der Waals surface area contributed by atoms with Crippen LogP contribution in [0.5, 0.6) is 0 Å². The minimum Gasteiger partial charge on any atom is -0.339 e. The van der Waals surface area contributed by atoms with Crippen LogP contribution in [0.3, 0.4) is 0 Å². The van der Waals surface area contributed by atoms with Gasteiger partial charge in [-0.3, -0.25) is 14.5 Å². The molecule has 0 saturated heterocycles. The third-order valence-corrected chi connectivity index (χ3v) is 4.92. The maximum Gasteiger partial charge on any atom is 0.253 e. The number of amides is 2. The summed E-state index contributed by atoms with van der Waals surface area (Å²) < 4.78 is 0. The van der Waals surface area contributed by atoms with Gasteiger partial charge in [0.15, 0.2) is 0 Å². The Bertz CT molecular complexity index is 821. The molecule has 0 aliphatic carbocycles. The van der Waals surface area contributed by atoms with Gasteiger partial charge in [0.2, 0.25) is 5.91 Å². The van der Waals surface area contributed by atoms with Gasteiger partial charge in [-0.15, -0.1) is 0 Å². The molecule has 1 N–H and O–H groups in total. The second-order valence-electron chi connectivity index (χ2n) is 6.51. The zero-order valence-corrected chi connectivity index (χ0v) is 17.8. The molecular formula is C21H25Cl2N3O2. The second kappa shape index (κ2) is 10.5. The first-order valence-corrected chi connectivity index (χ1v) is 9.91. The van der Waals surface area contributed by atoms with E-state index in [2.05, 4.69) is 5.32 Å². The standard InChI is InChI=1S/C21H25Cl2N3O2/c1-4-26(5-2)21(28)15-7-10-18(11-8-15)24-20(27)14-25(3)13-16-6-9-17(22)12-19(16)23/h6-12H,4-5,13-14H2,1-3H3,(H,24,27). The minimum atomic E-state index is -0.143. The van der Waals surface area contributed by atoms with Crippen molar-refractivity contribution in [2.45, 2.75) is 20.4 Å². The van der Waals surface area contributed by atoms with E-state index in [0.717, 1.165) is 5.56 Å². The van der Waals surface area contributed by atoms with Crippen molar-refractivity contribution < 1.29 is 9.59 Å². The topological polar surface area (TPSA) is 52.7 Å². The van der Waals surface area contributed by atoms with Crippen LogP contribution in [0.25, 0.3) is 0 Å². The number of carbonyl (C=O) groups excluding carboxylic acids is 2. The summed E-state index contributed by atoms with van der Waals surface area (Å²) in [5, 5.41) is 4.00. The molecule has 2 aromatic carbocycles. The van der Waals surface area contributed by atoms with Crippen LogP contribution in [0.2, 0.25) is 10.0 Å². The Labute approximate surface area is 176 Å². The van der Waals surface area contributed by atoms with Gasteiger partial charge in [-0.1, -0.05) is 29.3 Å². The zero-order chi connectivity index (χ0) is 20.7. The Kier molecular flexibility index (Phi) is 8.30. The van der Waals surface area contributed by atoms with Crippen LogP contribution in [0, 0.1) is 0 Å². The van der Waals surface area contributed by atoms with E-state index in [9.17, 15) is 9.59 Å². The average molecular weight is 422 g/mol. The van der Waals surface area contributed by atoms with E-state index in [1.807, 2.05) is 31.9 Å². The molecule has 0 fully saturated rings. The number of carbonyl (C=O) groups is 2. The number of halogens is 2. The lowest BCUT2D eigenvalue weighted by Crippen LogP contribution is -2.30. The number of rotatable bonds is 8. The Morgan fingerprint density at radius 1 is 1.00 bits per heavy atom. The molecule has 0 aliphatic heterocycles. The van der Waals surface area contributed by atoms with E-state index in [0.29, 0.717) is 40.9 Å². The fraction of sp³-hybridized carbons (Fsp3) is 0.333. The Morgan fingerprint density at radius 2 is 1.64 bits per heavy atom. The molecule has 0 aliphatic rings. The van der Waals surface area contributed by atoms with Crippen LogP contribution in [0.1, 0.15) is 29.8 Å². The molecule has 2 aromatic rings. The molecular weight excluding hydrogens is 397 g/mol.